The molecule has 1 amide bonds. The zero-order valence-corrected chi connectivity index (χ0v) is 13.1. The van der Waals surface area contributed by atoms with Gasteiger partial charge in [0.1, 0.15) is 17.8 Å². The zero-order valence-electron chi connectivity index (χ0n) is 12.3. The fraction of sp³-hybridized carbons (Fsp3) is 0.333. The normalized spacial score (nSPS) is 10.5. The fourth-order valence-corrected chi connectivity index (χ4v) is 2.10. The molecule has 0 unspecified atom stereocenters. The number of benzene rings is 1. The number of aromatic nitrogens is 1. The Morgan fingerprint density at radius 1 is 1.41 bits per heavy atom. The van der Waals surface area contributed by atoms with Crippen LogP contribution in [0.5, 0.6) is 5.75 Å². The van der Waals surface area contributed by atoms with Crippen molar-refractivity contribution < 1.29 is 18.3 Å². The van der Waals surface area contributed by atoms with Crippen molar-refractivity contribution in [3.05, 3.63) is 46.9 Å². The summed E-state index contributed by atoms with van der Waals surface area (Å²) in [7, 11) is 0. The topological polar surface area (TPSA) is 55.6 Å². The van der Waals surface area contributed by atoms with Gasteiger partial charge in [-0.25, -0.2) is 9.37 Å². The van der Waals surface area contributed by atoms with Gasteiger partial charge in [-0.2, -0.15) is 0 Å². The van der Waals surface area contributed by atoms with Crippen molar-refractivity contribution >= 4 is 17.5 Å². The average Bonchev–Trinajstić information content (AvgIpc) is 2.96. The predicted octanol–water partition coefficient (Wildman–Crippen LogP) is 3.53. The summed E-state index contributed by atoms with van der Waals surface area (Å²) in [5.74, 6) is -0.0748. The van der Waals surface area contributed by atoms with E-state index in [1.807, 2.05) is 13.8 Å². The summed E-state index contributed by atoms with van der Waals surface area (Å²) < 4.78 is 23.5. The molecule has 5 nitrogen and oxygen atoms in total. The highest BCUT2D eigenvalue weighted by atomic mass is 35.5. The number of rotatable bonds is 6. The maximum Gasteiger partial charge on any atom is 0.275 e. The standard InChI is InChI=1S/C15H16ClFN2O3/c1-3-19(4-2)15(20)12-8-22-14(18-12)9-21-13-6-5-10(17)7-11(13)16/h5-8H,3-4,9H2,1-2H3. The SMILES string of the molecule is CCN(CC)C(=O)c1coc(COc2ccc(F)cc2Cl)n1. The molecule has 0 N–H and O–H groups in total. The van der Waals surface area contributed by atoms with E-state index in [0.29, 0.717) is 18.8 Å². The van der Waals surface area contributed by atoms with E-state index < -0.39 is 5.82 Å². The van der Waals surface area contributed by atoms with Crippen molar-refractivity contribution in [2.24, 2.45) is 0 Å². The molecule has 22 heavy (non-hydrogen) atoms. The minimum atomic E-state index is -0.444. The molecule has 0 spiro atoms. The maximum absolute atomic E-state index is 12.9. The van der Waals surface area contributed by atoms with E-state index in [4.69, 9.17) is 20.8 Å². The first-order chi connectivity index (χ1) is 10.5. The van der Waals surface area contributed by atoms with E-state index in [9.17, 15) is 9.18 Å². The summed E-state index contributed by atoms with van der Waals surface area (Å²) >= 11 is 5.85. The van der Waals surface area contributed by atoms with Crippen LogP contribution in [0.15, 0.2) is 28.9 Å². The van der Waals surface area contributed by atoms with Crippen LogP contribution in [0.1, 0.15) is 30.2 Å². The van der Waals surface area contributed by atoms with E-state index in [0.717, 1.165) is 6.07 Å². The number of carbonyl (C=O) groups is 1. The Morgan fingerprint density at radius 2 is 2.14 bits per heavy atom. The van der Waals surface area contributed by atoms with Crippen LogP contribution in [-0.2, 0) is 6.61 Å². The van der Waals surface area contributed by atoms with E-state index in [2.05, 4.69) is 4.98 Å². The van der Waals surface area contributed by atoms with Crippen LogP contribution in [0.25, 0.3) is 0 Å². The molecule has 0 fully saturated rings. The third kappa shape index (κ3) is 3.76. The van der Waals surface area contributed by atoms with Crippen molar-refractivity contribution in [1.82, 2.24) is 9.88 Å². The maximum atomic E-state index is 12.9. The van der Waals surface area contributed by atoms with Gasteiger partial charge >= 0.3 is 0 Å². The number of carbonyl (C=O) groups excluding carboxylic acids is 1. The zero-order chi connectivity index (χ0) is 16.1. The monoisotopic (exact) mass is 326 g/mol. The summed E-state index contributed by atoms with van der Waals surface area (Å²) in [5.41, 5.74) is 0.229. The second kappa shape index (κ2) is 7.26. The first-order valence-electron chi connectivity index (χ1n) is 6.86. The van der Waals surface area contributed by atoms with E-state index in [1.165, 1.54) is 18.4 Å². The number of halogens is 2. The third-order valence-corrected chi connectivity index (χ3v) is 3.36. The summed E-state index contributed by atoms with van der Waals surface area (Å²) in [5, 5.41) is 0.158. The number of hydrogen-bond donors (Lipinski definition) is 0. The molecule has 0 aliphatic rings. The van der Waals surface area contributed by atoms with Gasteiger partial charge in [-0.1, -0.05) is 11.6 Å². The summed E-state index contributed by atoms with van der Waals surface area (Å²) in [4.78, 5) is 17.8. The van der Waals surface area contributed by atoms with Crippen LogP contribution in [0, 0.1) is 5.82 Å². The van der Waals surface area contributed by atoms with Gasteiger partial charge in [0, 0.05) is 13.1 Å². The van der Waals surface area contributed by atoms with Gasteiger partial charge in [0.2, 0.25) is 5.89 Å². The molecule has 2 rings (SSSR count). The highest BCUT2D eigenvalue weighted by Gasteiger charge is 2.17. The van der Waals surface area contributed by atoms with Crippen LogP contribution in [0.4, 0.5) is 4.39 Å². The van der Waals surface area contributed by atoms with Gasteiger partial charge in [0.15, 0.2) is 12.3 Å². The van der Waals surface area contributed by atoms with Gasteiger partial charge in [0.25, 0.3) is 5.91 Å². The molecule has 0 saturated heterocycles. The van der Waals surface area contributed by atoms with Crippen LogP contribution in [-0.4, -0.2) is 28.9 Å². The molecule has 0 atom stereocenters. The van der Waals surface area contributed by atoms with Crippen LogP contribution in [0.3, 0.4) is 0 Å². The number of amides is 1. The molecule has 1 aromatic heterocycles. The Labute approximate surface area is 132 Å². The van der Waals surface area contributed by atoms with Gasteiger partial charge in [-0.3, -0.25) is 4.79 Å². The van der Waals surface area contributed by atoms with E-state index >= 15 is 0 Å². The summed E-state index contributed by atoms with van der Waals surface area (Å²) in [6.07, 6.45) is 1.30. The first kappa shape index (κ1) is 16.3. The molecular weight excluding hydrogens is 311 g/mol. The highest BCUT2D eigenvalue weighted by molar-refractivity contribution is 6.32. The molecule has 0 radical (unpaired) electrons. The minimum Gasteiger partial charge on any atom is -0.482 e. The average molecular weight is 327 g/mol. The lowest BCUT2D eigenvalue weighted by Gasteiger charge is -2.16. The lowest BCUT2D eigenvalue weighted by atomic mass is 10.3. The number of oxazole rings is 1. The summed E-state index contributed by atoms with van der Waals surface area (Å²) in [6, 6.07) is 3.82. The van der Waals surface area contributed by atoms with Crippen LogP contribution < -0.4 is 4.74 Å². The van der Waals surface area contributed by atoms with Gasteiger partial charge < -0.3 is 14.1 Å². The Balaban J connectivity index is 2.01. The number of nitrogens with zero attached hydrogens (tertiary/aromatic N) is 2. The molecule has 0 bridgehead atoms. The minimum absolute atomic E-state index is 0.00309. The fourth-order valence-electron chi connectivity index (χ4n) is 1.88. The lowest BCUT2D eigenvalue weighted by molar-refractivity contribution is 0.0767. The predicted molar refractivity (Wildman–Crippen MR) is 79.5 cm³/mol. The van der Waals surface area contributed by atoms with Crippen LogP contribution >= 0.6 is 11.6 Å². The Bertz CT molecular complexity index is 656. The number of hydrogen-bond acceptors (Lipinski definition) is 4. The molecule has 118 valence electrons. The van der Waals surface area contributed by atoms with Crippen molar-refractivity contribution in [2.45, 2.75) is 20.5 Å². The van der Waals surface area contributed by atoms with Gasteiger partial charge in [-0.05, 0) is 32.0 Å². The number of ether oxygens (including phenoxy) is 1. The molecule has 1 aromatic carbocycles. The Kier molecular flexibility index (Phi) is 5.38. The second-order valence-electron chi connectivity index (χ2n) is 4.47. The van der Waals surface area contributed by atoms with E-state index in [-0.39, 0.29) is 29.1 Å². The Hall–Kier alpha value is -2.08. The summed E-state index contributed by atoms with van der Waals surface area (Å²) in [6.45, 7) is 4.97. The quantitative estimate of drug-likeness (QED) is 0.815. The molecule has 0 aliphatic heterocycles. The van der Waals surface area contributed by atoms with Gasteiger partial charge in [-0.15, -0.1) is 0 Å². The highest BCUT2D eigenvalue weighted by Crippen LogP contribution is 2.25. The molecule has 2 aromatic rings. The molecule has 1 heterocycles. The second-order valence-corrected chi connectivity index (χ2v) is 4.87. The first-order valence-corrected chi connectivity index (χ1v) is 7.24. The van der Waals surface area contributed by atoms with Crippen LogP contribution in [0.2, 0.25) is 5.02 Å². The Morgan fingerprint density at radius 3 is 2.77 bits per heavy atom. The van der Waals surface area contributed by atoms with Crippen molar-refractivity contribution in [3.8, 4) is 5.75 Å². The van der Waals surface area contributed by atoms with Crippen molar-refractivity contribution in [1.29, 1.82) is 0 Å². The molecule has 0 saturated carbocycles. The van der Waals surface area contributed by atoms with Gasteiger partial charge in [0.05, 0.1) is 5.02 Å². The molecule has 0 aliphatic carbocycles. The third-order valence-electron chi connectivity index (χ3n) is 3.07. The largest absolute Gasteiger partial charge is 0.482 e. The smallest absolute Gasteiger partial charge is 0.275 e. The van der Waals surface area contributed by atoms with Crippen molar-refractivity contribution in [2.75, 3.05) is 13.1 Å². The van der Waals surface area contributed by atoms with Crippen molar-refractivity contribution in [3.63, 3.8) is 0 Å². The lowest BCUT2D eigenvalue weighted by Crippen LogP contribution is -2.30. The molecular formula is C15H16ClFN2O3. The molecule has 7 heteroatoms. The van der Waals surface area contributed by atoms with E-state index in [1.54, 1.807) is 4.90 Å².